The largest absolute Gasteiger partial charge is 0.490 e. The molecule has 0 bridgehead atoms. The maximum absolute atomic E-state index is 13.2. The third-order valence-corrected chi connectivity index (χ3v) is 2.26. The topological polar surface area (TPSA) is 35.5 Å². The number of ether oxygens (including phenoxy) is 2. The van der Waals surface area contributed by atoms with Crippen LogP contribution in [-0.2, 0) is 4.74 Å². The van der Waals surface area contributed by atoms with Crippen molar-refractivity contribution in [3.05, 3.63) is 29.6 Å². The number of carbonyl (C=O) groups is 1. The van der Waals surface area contributed by atoms with Gasteiger partial charge in [0, 0.05) is 6.61 Å². The molecule has 0 atom stereocenters. The molecule has 0 radical (unpaired) electrons. The van der Waals surface area contributed by atoms with Crippen LogP contribution < -0.4 is 4.74 Å². The molecule has 0 N–H and O–H groups in total. The van der Waals surface area contributed by atoms with Gasteiger partial charge in [-0.3, -0.25) is 4.79 Å². The Kier molecular flexibility index (Phi) is 6.25. The van der Waals surface area contributed by atoms with Crippen LogP contribution in [0.25, 0.3) is 0 Å². The Balaban J connectivity index is 2.36. The highest BCUT2D eigenvalue weighted by Gasteiger charge is 2.07. The van der Waals surface area contributed by atoms with Crippen LogP contribution in [0.4, 0.5) is 4.39 Å². The van der Waals surface area contributed by atoms with Crippen molar-refractivity contribution < 1.29 is 18.7 Å². The minimum Gasteiger partial charge on any atom is -0.490 e. The van der Waals surface area contributed by atoms with E-state index in [4.69, 9.17) is 9.47 Å². The molecule has 0 fully saturated rings. The molecular weight excluding hydrogens is 223 g/mol. The van der Waals surface area contributed by atoms with Crippen molar-refractivity contribution in [2.24, 2.45) is 0 Å². The highest BCUT2D eigenvalue weighted by atomic mass is 19.1. The van der Waals surface area contributed by atoms with E-state index in [9.17, 15) is 9.18 Å². The summed E-state index contributed by atoms with van der Waals surface area (Å²) >= 11 is 0. The van der Waals surface area contributed by atoms with E-state index in [1.54, 1.807) is 6.07 Å². The first kappa shape index (κ1) is 13.6. The highest BCUT2D eigenvalue weighted by Crippen LogP contribution is 2.19. The van der Waals surface area contributed by atoms with Gasteiger partial charge in [-0.05, 0) is 18.6 Å². The quantitative estimate of drug-likeness (QED) is 0.517. The van der Waals surface area contributed by atoms with Crippen LogP contribution in [0.2, 0.25) is 0 Å². The molecule has 0 aliphatic heterocycles. The molecule has 1 aromatic rings. The number of benzene rings is 1. The van der Waals surface area contributed by atoms with E-state index >= 15 is 0 Å². The zero-order valence-electron chi connectivity index (χ0n) is 9.95. The fourth-order valence-corrected chi connectivity index (χ4v) is 1.32. The first-order valence-electron chi connectivity index (χ1n) is 5.73. The van der Waals surface area contributed by atoms with Crippen LogP contribution in [0.5, 0.6) is 5.75 Å². The van der Waals surface area contributed by atoms with Gasteiger partial charge in [-0.1, -0.05) is 19.4 Å². The van der Waals surface area contributed by atoms with E-state index in [0.29, 0.717) is 26.1 Å². The van der Waals surface area contributed by atoms with Gasteiger partial charge in [0.25, 0.3) is 0 Å². The van der Waals surface area contributed by atoms with Gasteiger partial charge in [-0.25, -0.2) is 4.39 Å². The van der Waals surface area contributed by atoms with Crippen LogP contribution in [0.1, 0.15) is 30.1 Å². The van der Waals surface area contributed by atoms with Crippen molar-refractivity contribution >= 4 is 6.29 Å². The Bertz CT molecular complexity index is 353. The van der Waals surface area contributed by atoms with Crippen molar-refractivity contribution in [2.75, 3.05) is 19.8 Å². The summed E-state index contributed by atoms with van der Waals surface area (Å²) in [5.74, 6) is -0.302. The summed E-state index contributed by atoms with van der Waals surface area (Å²) in [6, 6.07) is 4.31. The molecule has 0 amide bonds. The van der Waals surface area contributed by atoms with E-state index in [-0.39, 0.29) is 11.3 Å². The van der Waals surface area contributed by atoms with Crippen LogP contribution in [0.3, 0.4) is 0 Å². The lowest BCUT2D eigenvalue weighted by Gasteiger charge is -2.09. The Morgan fingerprint density at radius 1 is 1.29 bits per heavy atom. The summed E-state index contributed by atoms with van der Waals surface area (Å²) in [6.45, 7) is 3.54. The molecule has 4 heteroatoms. The number of rotatable bonds is 8. The molecule has 0 spiro atoms. The Morgan fingerprint density at radius 2 is 2.12 bits per heavy atom. The van der Waals surface area contributed by atoms with Crippen molar-refractivity contribution in [1.29, 1.82) is 0 Å². The summed E-state index contributed by atoms with van der Waals surface area (Å²) in [5, 5.41) is 0. The maximum atomic E-state index is 13.2. The smallest absolute Gasteiger partial charge is 0.156 e. The van der Waals surface area contributed by atoms with Gasteiger partial charge in [-0.2, -0.15) is 0 Å². The number of carbonyl (C=O) groups excluding carboxylic acids is 1. The lowest BCUT2D eigenvalue weighted by atomic mass is 10.2. The van der Waals surface area contributed by atoms with Gasteiger partial charge < -0.3 is 9.47 Å². The zero-order chi connectivity index (χ0) is 12.5. The first-order valence-corrected chi connectivity index (χ1v) is 5.73. The number of hydrogen-bond acceptors (Lipinski definition) is 3. The fourth-order valence-electron chi connectivity index (χ4n) is 1.32. The molecule has 17 heavy (non-hydrogen) atoms. The number of halogens is 1. The number of hydrogen-bond donors (Lipinski definition) is 0. The van der Waals surface area contributed by atoms with E-state index in [1.165, 1.54) is 12.1 Å². The fraction of sp³-hybridized carbons (Fsp3) is 0.462. The molecular formula is C13H17FO3. The van der Waals surface area contributed by atoms with Gasteiger partial charge in [0.15, 0.2) is 6.29 Å². The van der Waals surface area contributed by atoms with Crippen molar-refractivity contribution in [3.63, 3.8) is 0 Å². The lowest BCUT2D eigenvalue weighted by molar-refractivity contribution is 0.0966. The third-order valence-electron chi connectivity index (χ3n) is 2.26. The SMILES string of the molecule is CCCCOCCOc1cccc(F)c1C=O. The Labute approximate surface area is 101 Å². The molecule has 0 saturated carbocycles. The van der Waals surface area contributed by atoms with E-state index < -0.39 is 5.82 Å². The second kappa shape index (κ2) is 7.79. The second-order valence-electron chi connectivity index (χ2n) is 3.58. The van der Waals surface area contributed by atoms with Crippen LogP contribution >= 0.6 is 0 Å². The Morgan fingerprint density at radius 3 is 2.82 bits per heavy atom. The monoisotopic (exact) mass is 240 g/mol. The summed E-state index contributed by atoms with van der Waals surface area (Å²) in [6.07, 6.45) is 2.56. The summed E-state index contributed by atoms with van der Waals surface area (Å²) in [5.41, 5.74) is -0.0407. The zero-order valence-corrected chi connectivity index (χ0v) is 9.95. The molecule has 1 rings (SSSR count). The van der Waals surface area contributed by atoms with Crippen molar-refractivity contribution in [3.8, 4) is 5.75 Å². The first-order chi connectivity index (χ1) is 8.29. The summed E-state index contributed by atoms with van der Waals surface area (Å²) in [4.78, 5) is 10.7. The molecule has 0 saturated heterocycles. The molecule has 0 heterocycles. The molecule has 1 aromatic carbocycles. The maximum Gasteiger partial charge on any atom is 0.156 e. The number of aldehydes is 1. The van der Waals surface area contributed by atoms with Crippen LogP contribution in [0, 0.1) is 5.82 Å². The summed E-state index contributed by atoms with van der Waals surface area (Å²) < 4.78 is 23.8. The van der Waals surface area contributed by atoms with E-state index in [1.807, 2.05) is 0 Å². The average molecular weight is 240 g/mol. The molecule has 3 nitrogen and oxygen atoms in total. The van der Waals surface area contributed by atoms with Crippen molar-refractivity contribution in [1.82, 2.24) is 0 Å². The highest BCUT2D eigenvalue weighted by molar-refractivity contribution is 5.79. The predicted molar refractivity (Wildman–Crippen MR) is 63.0 cm³/mol. The molecule has 0 unspecified atom stereocenters. The second-order valence-corrected chi connectivity index (χ2v) is 3.58. The van der Waals surface area contributed by atoms with Gasteiger partial charge >= 0.3 is 0 Å². The molecule has 0 aliphatic carbocycles. The van der Waals surface area contributed by atoms with Crippen LogP contribution in [0.15, 0.2) is 18.2 Å². The minimum absolute atomic E-state index is 0.0407. The predicted octanol–water partition coefficient (Wildman–Crippen LogP) is 2.83. The number of unbranched alkanes of at least 4 members (excludes halogenated alkanes) is 1. The normalized spacial score (nSPS) is 10.2. The van der Waals surface area contributed by atoms with Gasteiger partial charge in [0.05, 0.1) is 12.2 Å². The lowest BCUT2D eigenvalue weighted by Crippen LogP contribution is -2.09. The average Bonchev–Trinajstić information content (AvgIpc) is 2.34. The van der Waals surface area contributed by atoms with Gasteiger partial charge in [-0.15, -0.1) is 0 Å². The van der Waals surface area contributed by atoms with Gasteiger partial charge in [0.2, 0.25) is 0 Å². The molecule has 0 aliphatic rings. The van der Waals surface area contributed by atoms with Crippen LogP contribution in [-0.4, -0.2) is 26.1 Å². The van der Waals surface area contributed by atoms with Gasteiger partial charge in [0.1, 0.15) is 18.2 Å². The van der Waals surface area contributed by atoms with E-state index in [0.717, 1.165) is 12.8 Å². The molecule has 0 aromatic heterocycles. The molecule has 94 valence electrons. The third kappa shape index (κ3) is 4.53. The Hall–Kier alpha value is -1.42. The standard InChI is InChI=1S/C13H17FO3/c1-2-3-7-16-8-9-17-13-6-4-5-12(14)11(13)10-15/h4-6,10H,2-3,7-9H2,1H3. The van der Waals surface area contributed by atoms with E-state index in [2.05, 4.69) is 6.92 Å². The minimum atomic E-state index is -0.565. The van der Waals surface area contributed by atoms with Crippen molar-refractivity contribution in [2.45, 2.75) is 19.8 Å². The summed E-state index contributed by atoms with van der Waals surface area (Å²) in [7, 11) is 0.